The van der Waals surface area contributed by atoms with Gasteiger partial charge in [0.2, 0.25) is 0 Å². The molecule has 0 fully saturated rings. The number of benzene rings is 2. The second-order valence-electron chi connectivity index (χ2n) is 4.76. The van der Waals surface area contributed by atoms with Crippen molar-refractivity contribution in [3.05, 3.63) is 54.2 Å². The van der Waals surface area contributed by atoms with Gasteiger partial charge in [0.25, 0.3) is 0 Å². The fourth-order valence-electron chi connectivity index (χ4n) is 2.36. The van der Waals surface area contributed by atoms with E-state index < -0.39 is 0 Å². The van der Waals surface area contributed by atoms with Crippen LogP contribution in [0.15, 0.2) is 48.7 Å². The highest BCUT2D eigenvalue weighted by atomic mass is 16.5. The largest absolute Gasteiger partial charge is 0.504 e. The second-order valence-corrected chi connectivity index (χ2v) is 4.76. The van der Waals surface area contributed by atoms with Gasteiger partial charge in [-0.15, -0.1) is 0 Å². The summed E-state index contributed by atoms with van der Waals surface area (Å²) in [6.07, 6.45) is 2.28. The van der Waals surface area contributed by atoms with Gasteiger partial charge in [0.15, 0.2) is 17.8 Å². The molecule has 110 valence electrons. The lowest BCUT2D eigenvalue weighted by molar-refractivity contribution is 0.112. The monoisotopic (exact) mass is 294 g/mol. The molecule has 0 aliphatic heterocycles. The molecule has 0 saturated carbocycles. The number of rotatable bonds is 4. The number of aromatic amines is 1. The number of nitrogens with one attached hydrogen (secondary N) is 1. The highest BCUT2D eigenvalue weighted by Crippen LogP contribution is 2.37. The van der Waals surface area contributed by atoms with Crippen molar-refractivity contribution < 1.29 is 14.6 Å². The van der Waals surface area contributed by atoms with E-state index in [1.165, 1.54) is 7.11 Å². The maximum Gasteiger partial charge on any atom is 0.168 e. The molecule has 0 amide bonds. The van der Waals surface area contributed by atoms with Crippen LogP contribution in [0.4, 0.5) is 0 Å². The van der Waals surface area contributed by atoms with Crippen molar-refractivity contribution in [3.63, 3.8) is 0 Å². The predicted molar refractivity (Wildman–Crippen MR) is 83.1 cm³/mol. The number of H-pyrrole nitrogens is 1. The number of aldehydes is 1. The highest BCUT2D eigenvalue weighted by molar-refractivity contribution is 5.88. The van der Waals surface area contributed by atoms with Gasteiger partial charge < -0.3 is 9.84 Å². The van der Waals surface area contributed by atoms with Gasteiger partial charge in [-0.3, -0.25) is 9.89 Å². The lowest BCUT2D eigenvalue weighted by atomic mass is 9.99. The van der Waals surface area contributed by atoms with Gasteiger partial charge in [-0.25, -0.2) is 0 Å². The van der Waals surface area contributed by atoms with Crippen LogP contribution >= 0.6 is 0 Å². The summed E-state index contributed by atoms with van der Waals surface area (Å²) in [6, 6.07) is 13.0. The third-order valence-electron chi connectivity index (χ3n) is 3.46. The lowest BCUT2D eigenvalue weighted by Gasteiger charge is -2.09. The molecule has 0 radical (unpaired) electrons. The average Bonchev–Trinajstić information content (AvgIpc) is 3.05. The second kappa shape index (κ2) is 5.73. The number of methoxy groups -OCH3 is 1. The van der Waals surface area contributed by atoms with E-state index in [0.29, 0.717) is 6.29 Å². The summed E-state index contributed by atoms with van der Waals surface area (Å²) < 4.78 is 5.13. The highest BCUT2D eigenvalue weighted by Gasteiger charge is 2.15. The molecule has 1 aromatic heterocycles. The first-order chi connectivity index (χ1) is 10.7. The van der Waals surface area contributed by atoms with Crippen LogP contribution < -0.4 is 4.74 Å². The summed E-state index contributed by atoms with van der Waals surface area (Å²) >= 11 is 0. The predicted octanol–water partition coefficient (Wildman–Crippen LogP) is 3.27. The molecular weight excluding hydrogens is 280 g/mol. The Bertz CT molecular complexity index is 810. The van der Waals surface area contributed by atoms with Crippen LogP contribution in [0.3, 0.4) is 0 Å². The molecule has 0 aliphatic carbocycles. The van der Waals surface area contributed by atoms with E-state index in [9.17, 15) is 9.90 Å². The van der Waals surface area contributed by atoms with Gasteiger partial charge in [-0.05, 0) is 17.7 Å². The third kappa shape index (κ3) is 2.33. The van der Waals surface area contributed by atoms with E-state index in [1.54, 1.807) is 18.3 Å². The Balaban J connectivity index is 2.17. The number of aromatic nitrogens is 2. The van der Waals surface area contributed by atoms with Crippen LogP contribution in [0.2, 0.25) is 0 Å². The Labute approximate surface area is 127 Å². The van der Waals surface area contributed by atoms with Gasteiger partial charge in [-0.2, -0.15) is 5.10 Å². The van der Waals surface area contributed by atoms with Gasteiger partial charge in [0, 0.05) is 11.1 Å². The molecule has 0 bridgehead atoms. The summed E-state index contributed by atoms with van der Waals surface area (Å²) in [5.41, 5.74) is 3.56. The molecule has 0 aliphatic rings. The molecule has 0 unspecified atom stereocenters. The fraction of sp³-hybridized carbons (Fsp3) is 0.0588. The number of nitrogens with zero attached hydrogens (tertiary/aromatic N) is 1. The Hall–Kier alpha value is -3.08. The first-order valence-corrected chi connectivity index (χ1v) is 6.70. The minimum absolute atomic E-state index is 0.161. The smallest absolute Gasteiger partial charge is 0.168 e. The molecule has 0 atom stereocenters. The third-order valence-corrected chi connectivity index (χ3v) is 3.46. The molecule has 1 heterocycles. The zero-order valence-corrected chi connectivity index (χ0v) is 11.9. The number of carbonyl (C=O) groups is 1. The topological polar surface area (TPSA) is 75.2 Å². The van der Waals surface area contributed by atoms with Crippen molar-refractivity contribution >= 4 is 6.29 Å². The number of carbonyl (C=O) groups excluding carboxylic acids is 1. The van der Waals surface area contributed by atoms with Gasteiger partial charge in [0.05, 0.1) is 24.6 Å². The minimum atomic E-state index is -0.161. The Kier molecular flexibility index (Phi) is 3.62. The molecule has 22 heavy (non-hydrogen) atoms. The van der Waals surface area contributed by atoms with Crippen LogP contribution in [-0.2, 0) is 0 Å². The Morgan fingerprint density at radius 2 is 1.95 bits per heavy atom. The maximum absolute atomic E-state index is 11.1. The number of hydrogen-bond donors (Lipinski definition) is 2. The summed E-state index contributed by atoms with van der Waals surface area (Å²) in [6.45, 7) is 0. The van der Waals surface area contributed by atoms with Gasteiger partial charge >= 0.3 is 0 Å². The molecule has 2 aromatic carbocycles. The molecular formula is C17H14N2O3. The standard InChI is InChI=1S/C17H14N2O3/c1-22-15-8-12(7-13(10-20)17(15)21)14-9-18-19-16(14)11-5-3-2-4-6-11/h2-10,21H,1H3,(H,18,19). The summed E-state index contributed by atoms with van der Waals surface area (Å²) in [5.74, 6) is 0.0887. The number of aromatic hydroxyl groups is 1. The quantitative estimate of drug-likeness (QED) is 0.724. The van der Waals surface area contributed by atoms with Crippen molar-refractivity contribution in [2.45, 2.75) is 0 Å². The average molecular weight is 294 g/mol. The van der Waals surface area contributed by atoms with E-state index in [2.05, 4.69) is 10.2 Å². The lowest BCUT2D eigenvalue weighted by Crippen LogP contribution is -1.91. The van der Waals surface area contributed by atoms with Crippen LogP contribution in [0, 0.1) is 0 Å². The van der Waals surface area contributed by atoms with Crippen molar-refractivity contribution in [1.82, 2.24) is 10.2 Å². The Morgan fingerprint density at radius 1 is 1.18 bits per heavy atom. The molecule has 0 saturated heterocycles. The van der Waals surface area contributed by atoms with E-state index in [0.717, 1.165) is 22.4 Å². The van der Waals surface area contributed by atoms with Crippen LogP contribution in [0.5, 0.6) is 11.5 Å². The number of hydrogen-bond acceptors (Lipinski definition) is 4. The molecule has 0 spiro atoms. The minimum Gasteiger partial charge on any atom is -0.504 e. The van der Waals surface area contributed by atoms with Crippen molar-refractivity contribution in [3.8, 4) is 33.9 Å². The molecule has 3 aromatic rings. The fourth-order valence-corrected chi connectivity index (χ4v) is 2.36. The van der Waals surface area contributed by atoms with E-state index in [4.69, 9.17) is 4.74 Å². The zero-order chi connectivity index (χ0) is 15.5. The molecule has 3 rings (SSSR count). The number of ether oxygens (including phenoxy) is 1. The van der Waals surface area contributed by atoms with Gasteiger partial charge in [-0.1, -0.05) is 30.3 Å². The SMILES string of the molecule is COc1cc(-c2cn[nH]c2-c2ccccc2)cc(C=O)c1O. The van der Waals surface area contributed by atoms with Crippen molar-refractivity contribution in [2.24, 2.45) is 0 Å². The van der Waals surface area contributed by atoms with Crippen molar-refractivity contribution in [2.75, 3.05) is 7.11 Å². The summed E-state index contributed by atoms with van der Waals surface area (Å²) in [4.78, 5) is 11.1. The van der Waals surface area contributed by atoms with Crippen molar-refractivity contribution in [1.29, 1.82) is 0 Å². The normalized spacial score (nSPS) is 10.4. The molecule has 2 N–H and O–H groups in total. The summed E-state index contributed by atoms with van der Waals surface area (Å²) in [7, 11) is 1.45. The maximum atomic E-state index is 11.1. The van der Waals surface area contributed by atoms with Gasteiger partial charge in [0.1, 0.15) is 0 Å². The number of phenolic OH excluding ortho intramolecular Hbond substituents is 1. The van der Waals surface area contributed by atoms with Crippen LogP contribution in [-0.4, -0.2) is 28.7 Å². The number of phenols is 1. The molecule has 5 nitrogen and oxygen atoms in total. The van der Waals surface area contributed by atoms with E-state index in [-0.39, 0.29) is 17.1 Å². The molecule has 5 heteroatoms. The van der Waals surface area contributed by atoms with Crippen LogP contribution in [0.25, 0.3) is 22.4 Å². The first-order valence-electron chi connectivity index (χ1n) is 6.70. The van der Waals surface area contributed by atoms with E-state index >= 15 is 0 Å². The zero-order valence-electron chi connectivity index (χ0n) is 11.9. The van der Waals surface area contributed by atoms with Crippen LogP contribution in [0.1, 0.15) is 10.4 Å². The summed E-state index contributed by atoms with van der Waals surface area (Å²) in [5, 5.41) is 17.0. The van der Waals surface area contributed by atoms with E-state index in [1.807, 2.05) is 30.3 Å². The first kappa shape index (κ1) is 13.9. The Morgan fingerprint density at radius 3 is 2.64 bits per heavy atom.